The van der Waals surface area contributed by atoms with Crippen molar-refractivity contribution in [3.8, 4) is 0 Å². The lowest BCUT2D eigenvalue weighted by Gasteiger charge is -2.20. The maximum Gasteiger partial charge on any atom is 0.246 e. The monoisotopic (exact) mass is 289 g/mol. The Balaban J connectivity index is 0. The van der Waals surface area contributed by atoms with Gasteiger partial charge in [0.2, 0.25) is 5.91 Å². The lowest BCUT2D eigenvalue weighted by atomic mass is 9.91. The van der Waals surface area contributed by atoms with Gasteiger partial charge < -0.3 is 16.0 Å². The van der Waals surface area contributed by atoms with Crippen LogP contribution in [-0.2, 0) is 4.79 Å². The Bertz CT molecular complexity index is 322. The van der Waals surface area contributed by atoms with Crippen LogP contribution in [0.2, 0.25) is 0 Å². The quantitative estimate of drug-likeness (QED) is 0.602. The van der Waals surface area contributed by atoms with Gasteiger partial charge in [-0.25, -0.2) is 0 Å². The number of amides is 1. The highest BCUT2D eigenvalue weighted by Gasteiger charge is 2.12. The van der Waals surface area contributed by atoms with Gasteiger partial charge in [-0.1, -0.05) is 12.2 Å². The number of hydrogen-bond acceptors (Lipinski definition) is 3. The van der Waals surface area contributed by atoms with Crippen molar-refractivity contribution in [1.29, 1.82) is 0 Å². The molecule has 0 aliphatic heterocycles. The van der Waals surface area contributed by atoms with Gasteiger partial charge in [-0.2, -0.15) is 0 Å². The predicted molar refractivity (Wildman–Crippen MR) is 84.4 cm³/mol. The van der Waals surface area contributed by atoms with Crippen molar-refractivity contribution in [2.24, 2.45) is 5.73 Å². The topological polar surface area (TPSA) is 58.4 Å². The van der Waals surface area contributed by atoms with Crippen LogP contribution in [0.25, 0.3) is 0 Å². The van der Waals surface area contributed by atoms with Crippen molar-refractivity contribution >= 4 is 18.3 Å². The Kier molecular flexibility index (Phi) is 11.6. The van der Waals surface area contributed by atoms with Gasteiger partial charge in [-0.15, -0.1) is 12.4 Å². The minimum atomic E-state index is -0.0550. The molecular weight excluding hydrogens is 262 g/mol. The van der Waals surface area contributed by atoms with E-state index in [-0.39, 0.29) is 18.3 Å². The van der Waals surface area contributed by atoms with E-state index in [2.05, 4.69) is 11.9 Å². The third-order valence-electron chi connectivity index (χ3n) is 2.48. The van der Waals surface area contributed by atoms with Gasteiger partial charge in [0.25, 0.3) is 0 Å². The van der Waals surface area contributed by atoms with E-state index in [0.717, 1.165) is 31.4 Å². The number of allylic oxidation sites excluding steroid dienone is 2. The highest BCUT2D eigenvalue weighted by molar-refractivity contribution is 5.91. The number of rotatable bonds is 5. The van der Waals surface area contributed by atoms with Crippen LogP contribution in [0.4, 0.5) is 0 Å². The lowest BCUT2D eigenvalue weighted by molar-refractivity contribution is -0.117. The van der Waals surface area contributed by atoms with Crippen molar-refractivity contribution in [1.82, 2.24) is 10.2 Å². The van der Waals surface area contributed by atoms with Crippen molar-refractivity contribution < 1.29 is 4.79 Å². The van der Waals surface area contributed by atoms with Crippen LogP contribution in [0.5, 0.6) is 0 Å². The van der Waals surface area contributed by atoms with E-state index in [1.54, 1.807) is 6.92 Å². The highest BCUT2D eigenvalue weighted by Crippen LogP contribution is 2.26. The molecule has 0 saturated heterocycles. The second kappa shape index (κ2) is 10.9. The molecule has 0 atom stereocenters. The molecule has 0 heterocycles. The number of carbonyl (C=O) groups is 1. The first kappa shape index (κ1) is 20.3. The first-order valence-corrected chi connectivity index (χ1v) is 6.35. The second-order valence-electron chi connectivity index (χ2n) is 5.11. The predicted octanol–water partition coefficient (Wildman–Crippen LogP) is 2.07. The molecule has 0 saturated carbocycles. The van der Waals surface area contributed by atoms with Crippen LogP contribution in [0, 0.1) is 0 Å². The summed E-state index contributed by atoms with van der Waals surface area (Å²) in [5.74, 6) is -0.0550. The fraction of sp³-hybridized carbons (Fsp3) is 0.643. The molecule has 1 rings (SSSR count). The van der Waals surface area contributed by atoms with E-state index < -0.39 is 0 Å². The Morgan fingerprint density at radius 1 is 1.37 bits per heavy atom. The maximum absolute atomic E-state index is 11.1. The van der Waals surface area contributed by atoms with Crippen LogP contribution in [0.15, 0.2) is 23.4 Å². The molecule has 0 spiro atoms. The number of carbonyl (C=O) groups excluding carboxylic acids is 1. The lowest BCUT2D eigenvalue weighted by Crippen LogP contribution is -2.25. The smallest absolute Gasteiger partial charge is 0.246 e. The molecule has 1 amide bonds. The summed E-state index contributed by atoms with van der Waals surface area (Å²) in [5, 5.41) is 2.80. The van der Waals surface area contributed by atoms with E-state index in [0.29, 0.717) is 12.1 Å². The first-order valence-electron chi connectivity index (χ1n) is 6.35. The minimum Gasteiger partial charge on any atom is -0.402 e. The summed E-state index contributed by atoms with van der Waals surface area (Å²) < 4.78 is 0. The zero-order valence-corrected chi connectivity index (χ0v) is 13.4. The second-order valence-corrected chi connectivity index (χ2v) is 5.11. The van der Waals surface area contributed by atoms with Gasteiger partial charge in [0.15, 0.2) is 0 Å². The highest BCUT2D eigenvalue weighted by atomic mass is 35.5. The molecule has 1 aliphatic carbocycles. The zero-order valence-electron chi connectivity index (χ0n) is 12.6. The fourth-order valence-electron chi connectivity index (χ4n) is 1.39. The van der Waals surface area contributed by atoms with Crippen LogP contribution in [-0.4, -0.2) is 38.5 Å². The summed E-state index contributed by atoms with van der Waals surface area (Å²) in [7, 11) is 6.00. The number of halogens is 1. The zero-order chi connectivity index (χ0) is 14.1. The minimum absolute atomic E-state index is 0. The molecule has 0 unspecified atom stereocenters. The summed E-state index contributed by atoms with van der Waals surface area (Å²) >= 11 is 0. The van der Waals surface area contributed by atoms with E-state index in [9.17, 15) is 4.79 Å². The van der Waals surface area contributed by atoms with Crippen molar-refractivity contribution in [2.75, 3.05) is 27.7 Å². The molecule has 0 radical (unpaired) electrons. The Morgan fingerprint density at radius 3 is 2.21 bits per heavy atom. The standard InChI is InChI=1S/C11H18N2O.C3H9N.ClH/c1-8(2)11(14)13-7-3-4-9-5-6-10(9)12;1-4(2)3;/h1,3-7,12H2,2H3,(H,13,14);1-3H3;1H. The molecule has 0 fully saturated rings. The average molecular weight is 290 g/mol. The molecule has 19 heavy (non-hydrogen) atoms. The molecule has 112 valence electrons. The third-order valence-corrected chi connectivity index (χ3v) is 2.48. The summed E-state index contributed by atoms with van der Waals surface area (Å²) in [5.41, 5.74) is 8.68. The molecule has 4 nitrogen and oxygen atoms in total. The van der Waals surface area contributed by atoms with Crippen LogP contribution >= 0.6 is 12.4 Å². The Morgan fingerprint density at radius 2 is 1.89 bits per heavy atom. The molecule has 3 N–H and O–H groups in total. The molecule has 0 aromatic heterocycles. The van der Waals surface area contributed by atoms with E-state index in [4.69, 9.17) is 5.73 Å². The third kappa shape index (κ3) is 10.6. The van der Waals surface area contributed by atoms with Gasteiger partial charge in [0, 0.05) is 17.8 Å². The largest absolute Gasteiger partial charge is 0.402 e. The average Bonchev–Trinajstić information content (AvgIpc) is 2.25. The molecule has 0 aromatic carbocycles. The van der Waals surface area contributed by atoms with Crippen molar-refractivity contribution in [3.05, 3.63) is 23.4 Å². The van der Waals surface area contributed by atoms with Gasteiger partial charge in [0.1, 0.15) is 0 Å². The summed E-state index contributed by atoms with van der Waals surface area (Å²) in [6.45, 7) is 5.99. The van der Waals surface area contributed by atoms with Gasteiger partial charge >= 0.3 is 0 Å². The number of nitrogens with one attached hydrogen (secondary N) is 1. The molecule has 1 aliphatic rings. The Labute approximate surface area is 123 Å². The molecular formula is C14H28ClN3O. The first-order chi connectivity index (χ1) is 8.34. The summed E-state index contributed by atoms with van der Waals surface area (Å²) in [6.07, 6.45) is 4.17. The van der Waals surface area contributed by atoms with Gasteiger partial charge in [0.05, 0.1) is 0 Å². The molecule has 0 aromatic rings. The molecule has 5 heteroatoms. The number of hydrogen-bond donors (Lipinski definition) is 2. The van der Waals surface area contributed by atoms with E-state index in [1.807, 2.05) is 26.0 Å². The van der Waals surface area contributed by atoms with Crippen molar-refractivity contribution in [3.63, 3.8) is 0 Å². The fourth-order valence-corrected chi connectivity index (χ4v) is 1.39. The van der Waals surface area contributed by atoms with Crippen LogP contribution in [0.3, 0.4) is 0 Å². The Hall–Kier alpha value is -1.00. The van der Waals surface area contributed by atoms with Crippen molar-refractivity contribution in [2.45, 2.75) is 32.6 Å². The van der Waals surface area contributed by atoms with Crippen LogP contribution < -0.4 is 11.1 Å². The maximum atomic E-state index is 11.1. The number of nitrogens with zero attached hydrogens (tertiary/aromatic N) is 1. The SMILES string of the molecule is C=C(C)C(=O)NCCCC1=C(N)CC1.CN(C)C.Cl. The number of nitrogens with two attached hydrogens (primary N) is 1. The normalized spacial score (nSPS) is 12.9. The molecule has 0 bridgehead atoms. The van der Waals surface area contributed by atoms with Gasteiger partial charge in [-0.05, 0) is 53.8 Å². The summed E-state index contributed by atoms with van der Waals surface area (Å²) in [4.78, 5) is 13.1. The van der Waals surface area contributed by atoms with E-state index in [1.165, 1.54) is 5.57 Å². The van der Waals surface area contributed by atoms with E-state index >= 15 is 0 Å². The van der Waals surface area contributed by atoms with Crippen LogP contribution in [0.1, 0.15) is 32.6 Å². The summed E-state index contributed by atoms with van der Waals surface area (Å²) in [6, 6.07) is 0. The van der Waals surface area contributed by atoms with Gasteiger partial charge in [-0.3, -0.25) is 4.79 Å².